The maximum absolute atomic E-state index is 13.5. The fourth-order valence-corrected chi connectivity index (χ4v) is 4.46. The number of aliphatic hydroxyl groups excluding tert-OH is 2. The highest BCUT2D eigenvalue weighted by atomic mass is 16.3. The number of likely N-dealkylation sites (tertiary alicyclic amines) is 1. The molecule has 1 heterocycles. The molecule has 0 unspecified atom stereocenters. The number of rotatable bonds is 14. The predicted octanol–water partition coefficient (Wildman–Crippen LogP) is -0.652. The van der Waals surface area contributed by atoms with Crippen molar-refractivity contribution in [1.29, 1.82) is 0 Å². The van der Waals surface area contributed by atoms with Crippen molar-refractivity contribution >= 4 is 23.7 Å². The van der Waals surface area contributed by atoms with Crippen molar-refractivity contribution < 1.29 is 29.7 Å². The van der Waals surface area contributed by atoms with Crippen LogP contribution < -0.4 is 22.1 Å². The number of hydrogen-bond donors (Lipinski definition) is 7. The Morgan fingerprint density at radius 1 is 1.16 bits per heavy atom. The zero-order valence-corrected chi connectivity index (χ0v) is 22.2. The van der Waals surface area contributed by atoms with Crippen LogP contribution in [-0.4, -0.2) is 87.8 Å². The van der Waals surface area contributed by atoms with E-state index in [1.807, 2.05) is 13.8 Å². The minimum atomic E-state index is -1.39. The summed E-state index contributed by atoms with van der Waals surface area (Å²) in [7, 11) is 0. The largest absolute Gasteiger partial charge is 0.508 e. The smallest absolute Gasteiger partial charge is 0.249 e. The van der Waals surface area contributed by atoms with Gasteiger partial charge in [-0.2, -0.15) is 0 Å². The Balaban J connectivity index is 2.02. The van der Waals surface area contributed by atoms with Crippen LogP contribution in [0, 0.1) is 5.92 Å². The molecule has 4 atom stereocenters. The second-order valence-corrected chi connectivity index (χ2v) is 10.1. The Kier molecular flexibility index (Phi) is 12.3. The average Bonchev–Trinajstić information content (AvgIpc) is 3.36. The van der Waals surface area contributed by atoms with Crippen molar-refractivity contribution in [3.63, 3.8) is 0 Å². The van der Waals surface area contributed by atoms with Crippen LogP contribution in [-0.2, 0) is 20.8 Å². The molecule has 0 saturated carbocycles. The number of hydrogen-bond acceptors (Lipinski definition) is 7. The van der Waals surface area contributed by atoms with Crippen LogP contribution in [0.2, 0.25) is 0 Å². The Bertz CT molecular complexity index is 950. The van der Waals surface area contributed by atoms with Gasteiger partial charge in [-0.05, 0) is 55.7 Å². The van der Waals surface area contributed by atoms with E-state index in [1.165, 1.54) is 17.0 Å². The van der Waals surface area contributed by atoms with Crippen molar-refractivity contribution in [2.24, 2.45) is 22.4 Å². The van der Waals surface area contributed by atoms with E-state index in [2.05, 4.69) is 15.6 Å². The van der Waals surface area contributed by atoms with Crippen molar-refractivity contribution in [3.8, 4) is 5.75 Å². The number of amides is 3. The van der Waals surface area contributed by atoms with Crippen molar-refractivity contribution in [2.45, 2.75) is 76.6 Å². The molecule has 0 radical (unpaired) electrons. The molecule has 0 spiro atoms. The zero-order chi connectivity index (χ0) is 28.2. The van der Waals surface area contributed by atoms with Crippen LogP contribution in [0.4, 0.5) is 0 Å². The lowest BCUT2D eigenvalue weighted by atomic mass is 10.0. The molecule has 1 fully saturated rings. The van der Waals surface area contributed by atoms with Gasteiger partial charge in [-0.3, -0.25) is 19.4 Å². The maximum atomic E-state index is 13.5. The van der Waals surface area contributed by atoms with Crippen LogP contribution in [0.1, 0.15) is 51.5 Å². The van der Waals surface area contributed by atoms with E-state index in [1.54, 1.807) is 12.1 Å². The molecule has 38 heavy (non-hydrogen) atoms. The van der Waals surface area contributed by atoms with E-state index < -0.39 is 30.1 Å². The highest BCUT2D eigenvalue weighted by Crippen LogP contribution is 2.21. The molecular formula is C26H42N6O6. The van der Waals surface area contributed by atoms with E-state index in [-0.39, 0.29) is 42.5 Å². The number of aliphatic imine (C=N–C) groups is 1. The maximum Gasteiger partial charge on any atom is 0.249 e. The summed E-state index contributed by atoms with van der Waals surface area (Å²) in [6, 6.07) is 4.02. The first-order chi connectivity index (χ1) is 18.0. The Hall–Kier alpha value is -3.38. The van der Waals surface area contributed by atoms with Gasteiger partial charge in [0.05, 0.1) is 12.6 Å². The molecular weight excluding hydrogens is 492 g/mol. The van der Waals surface area contributed by atoms with Crippen molar-refractivity contribution in [1.82, 2.24) is 15.5 Å². The fourth-order valence-electron chi connectivity index (χ4n) is 4.46. The Labute approximate surface area is 223 Å². The van der Waals surface area contributed by atoms with Gasteiger partial charge in [0.1, 0.15) is 23.9 Å². The quantitative estimate of drug-likeness (QED) is 0.0925. The van der Waals surface area contributed by atoms with Gasteiger partial charge in [-0.15, -0.1) is 0 Å². The van der Waals surface area contributed by atoms with Crippen LogP contribution in [0.25, 0.3) is 0 Å². The van der Waals surface area contributed by atoms with E-state index in [9.17, 15) is 29.7 Å². The number of carbonyl (C=O) groups excluding carboxylic acids is 3. The zero-order valence-electron chi connectivity index (χ0n) is 22.2. The van der Waals surface area contributed by atoms with E-state index >= 15 is 0 Å². The summed E-state index contributed by atoms with van der Waals surface area (Å²) in [5.74, 6) is -1.30. The predicted molar refractivity (Wildman–Crippen MR) is 143 cm³/mol. The van der Waals surface area contributed by atoms with Gasteiger partial charge in [0.25, 0.3) is 0 Å². The number of aliphatic hydroxyl groups is 2. The number of phenolic OH excluding ortho intramolecular Hbond substituents is 1. The second-order valence-electron chi connectivity index (χ2n) is 10.1. The summed E-state index contributed by atoms with van der Waals surface area (Å²) in [4.78, 5) is 44.7. The minimum Gasteiger partial charge on any atom is -0.508 e. The topological polar surface area (TPSA) is 204 Å². The molecule has 1 aromatic carbocycles. The van der Waals surface area contributed by atoms with E-state index in [4.69, 9.17) is 11.5 Å². The number of guanidine groups is 1. The summed E-state index contributed by atoms with van der Waals surface area (Å²) in [6.07, 6.45) is 1.10. The van der Waals surface area contributed by atoms with Gasteiger partial charge in [0.2, 0.25) is 17.7 Å². The normalized spacial score (nSPS) is 17.5. The molecule has 1 aromatic rings. The second kappa shape index (κ2) is 15.1. The van der Waals surface area contributed by atoms with Gasteiger partial charge in [-0.1, -0.05) is 26.0 Å². The number of nitrogens with one attached hydrogen (secondary N) is 2. The molecule has 0 aliphatic carbocycles. The number of benzene rings is 1. The van der Waals surface area contributed by atoms with Gasteiger partial charge in [0, 0.05) is 19.5 Å². The summed E-state index contributed by atoms with van der Waals surface area (Å²) >= 11 is 0. The molecule has 12 nitrogen and oxygen atoms in total. The van der Waals surface area contributed by atoms with E-state index in [0.29, 0.717) is 50.8 Å². The molecule has 2 rings (SSSR count). The SMILES string of the molecule is CC(C)C[C@@H](NC(=O)[C@H](O)Cc1ccc(O)cc1)C(=O)N1CCC[C@H]1C(=O)N[C@H](CO)CCCN=C(N)N. The molecule has 12 heteroatoms. The highest BCUT2D eigenvalue weighted by Gasteiger charge is 2.38. The molecule has 1 aliphatic heterocycles. The fraction of sp³-hybridized carbons (Fsp3) is 0.615. The van der Waals surface area contributed by atoms with E-state index in [0.717, 1.165) is 0 Å². The van der Waals surface area contributed by atoms with Crippen LogP contribution >= 0.6 is 0 Å². The standard InChI is InChI=1S/C26H42N6O6/c1-16(2)13-20(31-24(37)22(35)14-17-7-9-19(34)10-8-17)25(38)32-12-4-6-21(32)23(36)30-18(15-33)5-3-11-29-26(27)28/h7-10,16,18,20-22,33-35H,3-6,11-15H2,1-2H3,(H,30,36)(H,31,37)(H4,27,28,29)/t18-,20+,21-,22+/m0/s1. The number of nitrogens with zero attached hydrogens (tertiary/aromatic N) is 2. The average molecular weight is 535 g/mol. The van der Waals surface area contributed by atoms with Crippen molar-refractivity contribution in [2.75, 3.05) is 19.7 Å². The number of nitrogens with two attached hydrogens (primary N) is 2. The lowest BCUT2D eigenvalue weighted by Crippen LogP contribution is -2.56. The summed E-state index contributed by atoms with van der Waals surface area (Å²) in [5.41, 5.74) is 11.3. The number of carbonyl (C=O) groups is 3. The van der Waals surface area contributed by atoms with Gasteiger partial charge >= 0.3 is 0 Å². The molecule has 0 bridgehead atoms. The minimum absolute atomic E-state index is 0.0226. The summed E-state index contributed by atoms with van der Waals surface area (Å²) in [6.45, 7) is 4.31. The Morgan fingerprint density at radius 2 is 1.84 bits per heavy atom. The number of aromatic hydroxyl groups is 1. The van der Waals surface area contributed by atoms with Crippen molar-refractivity contribution in [3.05, 3.63) is 29.8 Å². The summed E-state index contributed by atoms with van der Waals surface area (Å²) < 4.78 is 0. The molecule has 1 saturated heterocycles. The lowest BCUT2D eigenvalue weighted by Gasteiger charge is -2.30. The first-order valence-corrected chi connectivity index (χ1v) is 13.0. The van der Waals surface area contributed by atoms with Crippen LogP contribution in [0.5, 0.6) is 5.75 Å². The third-order valence-electron chi connectivity index (χ3n) is 6.40. The lowest BCUT2D eigenvalue weighted by molar-refractivity contribution is -0.143. The van der Waals surface area contributed by atoms with Gasteiger partial charge in [-0.25, -0.2) is 0 Å². The number of phenols is 1. The van der Waals surface area contributed by atoms with Crippen LogP contribution in [0.3, 0.4) is 0 Å². The Morgan fingerprint density at radius 3 is 2.45 bits per heavy atom. The third-order valence-corrected chi connectivity index (χ3v) is 6.40. The monoisotopic (exact) mass is 534 g/mol. The molecule has 9 N–H and O–H groups in total. The first-order valence-electron chi connectivity index (χ1n) is 13.0. The van der Waals surface area contributed by atoms with Gasteiger partial charge < -0.3 is 42.3 Å². The molecule has 1 aliphatic rings. The third kappa shape index (κ3) is 9.82. The molecule has 212 valence electrons. The van der Waals surface area contributed by atoms with Crippen LogP contribution in [0.15, 0.2) is 29.3 Å². The summed E-state index contributed by atoms with van der Waals surface area (Å²) in [5, 5.41) is 35.1. The highest BCUT2D eigenvalue weighted by molar-refractivity contribution is 5.93. The van der Waals surface area contributed by atoms with Gasteiger partial charge in [0.15, 0.2) is 5.96 Å². The molecule has 3 amide bonds. The molecule has 0 aromatic heterocycles. The first kappa shape index (κ1) is 30.8.